The molecule has 1 aromatic heterocycles. The van der Waals surface area contributed by atoms with Crippen molar-refractivity contribution in [2.24, 2.45) is 23.5 Å². The number of fused-ring (bicyclic) bond motifs is 3. The number of nitrogens with zero attached hydrogens (tertiary/aromatic N) is 2. The second kappa shape index (κ2) is 5.23. The highest BCUT2D eigenvalue weighted by Crippen LogP contribution is 2.47. The predicted octanol–water partition coefficient (Wildman–Crippen LogP) is 0.550. The predicted molar refractivity (Wildman–Crippen MR) is 83.3 cm³/mol. The Kier molecular flexibility index (Phi) is 3.24. The Morgan fingerprint density at radius 3 is 2.72 bits per heavy atom. The molecular weight excluding hydrogens is 326 g/mol. The fourth-order valence-electron chi connectivity index (χ4n) is 4.26. The first-order chi connectivity index (χ1) is 11.9. The van der Waals surface area contributed by atoms with Crippen molar-refractivity contribution in [2.75, 3.05) is 0 Å². The van der Waals surface area contributed by atoms with Crippen LogP contribution in [0, 0.1) is 17.8 Å². The maximum atomic E-state index is 12.7. The summed E-state index contributed by atoms with van der Waals surface area (Å²) in [5.74, 6) is -4.57. The topological polar surface area (TPSA) is 143 Å². The van der Waals surface area contributed by atoms with Crippen LogP contribution in [-0.4, -0.2) is 37.9 Å². The fourth-order valence-corrected chi connectivity index (χ4v) is 4.26. The van der Waals surface area contributed by atoms with Crippen LogP contribution >= 0.6 is 0 Å². The Balaban J connectivity index is 1.83. The van der Waals surface area contributed by atoms with Crippen molar-refractivity contribution in [3.63, 3.8) is 0 Å². The third-order valence-corrected chi connectivity index (χ3v) is 5.29. The van der Waals surface area contributed by atoms with Crippen molar-refractivity contribution in [1.29, 1.82) is 0 Å². The van der Waals surface area contributed by atoms with Crippen LogP contribution in [0.2, 0.25) is 0 Å². The van der Waals surface area contributed by atoms with Gasteiger partial charge in [-0.05, 0) is 36.3 Å². The molecule has 0 aliphatic heterocycles. The Morgan fingerprint density at radius 1 is 1.24 bits per heavy atom. The molecule has 128 valence electrons. The Labute approximate surface area is 142 Å². The van der Waals surface area contributed by atoms with E-state index in [1.807, 2.05) is 0 Å². The molecule has 4 N–H and O–H groups in total. The van der Waals surface area contributed by atoms with Gasteiger partial charge in [0.25, 0.3) is 5.91 Å². The molecule has 3 aliphatic carbocycles. The number of rotatable bonds is 1. The van der Waals surface area contributed by atoms with Crippen molar-refractivity contribution in [3.05, 3.63) is 46.2 Å². The molecule has 0 aromatic carbocycles. The average Bonchev–Trinajstić information content (AvgIpc) is 2.53. The molecule has 3 aliphatic rings. The van der Waals surface area contributed by atoms with E-state index in [1.54, 1.807) is 6.07 Å². The van der Waals surface area contributed by atoms with Gasteiger partial charge in [0.1, 0.15) is 22.8 Å². The molecule has 3 atom stereocenters. The molecule has 1 aromatic rings. The zero-order valence-corrected chi connectivity index (χ0v) is 13.1. The lowest BCUT2D eigenvalue weighted by Crippen LogP contribution is -2.43. The lowest BCUT2D eigenvalue weighted by atomic mass is 9.63. The van der Waals surface area contributed by atoms with Crippen molar-refractivity contribution in [2.45, 2.75) is 19.3 Å². The summed E-state index contributed by atoms with van der Waals surface area (Å²) >= 11 is 0. The van der Waals surface area contributed by atoms with Crippen molar-refractivity contribution >= 4 is 17.5 Å². The van der Waals surface area contributed by atoms with E-state index in [1.165, 1.54) is 6.20 Å². The lowest BCUT2D eigenvalue weighted by Gasteiger charge is -2.40. The van der Waals surface area contributed by atoms with Crippen LogP contribution in [0.15, 0.2) is 34.9 Å². The van der Waals surface area contributed by atoms with Gasteiger partial charge in [0.15, 0.2) is 5.78 Å². The van der Waals surface area contributed by atoms with Gasteiger partial charge in [-0.3, -0.25) is 14.4 Å². The molecule has 25 heavy (non-hydrogen) atoms. The van der Waals surface area contributed by atoms with E-state index >= 15 is 0 Å². The fraction of sp³-hybridized carbons (Fsp3) is 0.353. The largest absolute Gasteiger partial charge is 0.511 e. The van der Waals surface area contributed by atoms with E-state index in [2.05, 4.69) is 10.2 Å². The van der Waals surface area contributed by atoms with Gasteiger partial charge in [-0.2, -0.15) is 5.10 Å². The maximum Gasteiger partial charge on any atom is 0.255 e. The molecule has 8 heteroatoms. The number of aromatic nitrogens is 2. The summed E-state index contributed by atoms with van der Waals surface area (Å²) in [6.45, 7) is 0. The number of aliphatic hydroxyl groups excluding tert-OH is 2. The maximum absolute atomic E-state index is 12.7. The first kappa shape index (κ1) is 15.5. The molecular formula is C17H15N3O5. The molecule has 1 unspecified atom stereocenters. The first-order valence-electron chi connectivity index (χ1n) is 7.94. The number of ketones is 2. The van der Waals surface area contributed by atoms with Crippen LogP contribution in [0.1, 0.15) is 28.9 Å². The molecule has 0 fully saturated rings. The number of aliphatic hydroxyl groups is 2. The molecule has 0 spiro atoms. The van der Waals surface area contributed by atoms with Crippen molar-refractivity contribution in [1.82, 2.24) is 10.2 Å². The minimum absolute atomic E-state index is 0.0676. The molecule has 4 rings (SSSR count). The summed E-state index contributed by atoms with van der Waals surface area (Å²) < 4.78 is 0. The third-order valence-electron chi connectivity index (χ3n) is 5.29. The van der Waals surface area contributed by atoms with Crippen molar-refractivity contribution in [3.8, 4) is 0 Å². The first-order valence-corrected chi connectivity index (χ1v) is 7.94. The van der Waals surface area contributed by atoms with E-state index in [9.17, 15) is 24.6 Å². The average molecular weight is 341 g/mol. The van der Waals surface area contributed by atoms with Crippen molar-refractivity contribution < 1.29 is 24.6 Å². The van der Waals surface area contributed by atoms with Crippen LogP contribution in [0.25, 0.3) is 0 Å². The van der Waals surface area contributed by atoms with Crippen LogP contribution in [-0.2, 0) is 16.0 Å². The number of Topliss-reactive ketones (excluding diaryl/α,β-unsaturated/α-hetero) is 2. The third kappa shape index (κ3) is 2.10. The van der Waals surface area contributed by atoms with Crippen LogP contribution in [0.4, 0.5) is 0 Å². The SMILES string of the molecule is NC(=O)C1=C(O)C[C@@H]2C[C@@H]3Cc4ccnnc4C(=O)C3=C(O)C2C1=O. The summed E-state index contributed by atoms with van der Waals surface area (Å²) in [4.78, 5) is 36.8. The zero-order valence-electron chi connectivity index (χ0n) is 13.1. The highest BCUT2D eigenvalue weighted by atomic mass is 16.3. The van der Waals surface area contributed by atoms with E-state index in [4.69, 9.17) is 5.73 Å². The highest BCUT2D eigenvalue weighted by molar-refractivity contribution is 6.21. The summed E-state index contributed by atoms with van der Waals surface area (Å²) in [6, 6.07) is 1.72. The Hall–Kier alpha value is -3.03. The van der Waals surface area contributed by atoms with Crippen LogP contribution in [0.3, 0.4) is 0 Å². The summed E-state index contributed by atoms with van der Waals surface area (Å²) in [5.41, 5.74) is 5.77. The summed E-state index contributed by atoms with van der Waals surface area (Å²) in [6.07, 6.45) is 2.52. The molecule has 0 bridgehead atoms. The number of hydrogen-bond donors (Lipinski definition) is 3. The molecule has 1 heterocycles. The second-order valence-corrected chi connectivity index (χ2v) is 6.66. The zero-order chi connectivity index (χ0) is 17.9. The number of nitrogens with two attached hydrogens (primary N) is 1. The number of allylic oxidation sites excluding steroid dienone is 3. The van der Waals surface area contributed by atoms with Gasteiger partial charge in [0, 0.05) is 18.2 Å². The van der Waals surface area contributed by atoms with E-state index in [-0.39, 0.29) is 41.0 Å². The van der Waals surface area contributed by atoms with Gasteiger partial charge in [-0.1, -0.05) is 0 Å². The molecule has 8 nitrogen and oxygen atoms in total. The monoisotopic (exact) mass is 341 g/mol. The summed E-state index contributed by atoms with van der Waals surface area (Å²) in [7, 11) is 0. The van der Waals surface area contributed by atoms with Gasteiger partial charge in [0.05, 0.1) is 5.92 Å². The number of carbonyl (C=O) groups excluding carboxylic acids is 3. The second-order valence-electron chi connectivity index (χ2n) is 6.66. The Morgan fingerprint density at radius 2 is 2.00 bits per heavy atom. The Bertz CT molecular complexity index is 901. The van der Waals surface area contributed by atoms with E-state index in [0.29, 0.717) is 12.8 Å². The smallest absolute Gasteiger partial charge is 0.255 e. The van der Waals surface area contributed by atoms with Gasteiger partial charge >= 0.3 is 0 Å². The quantitative estimate of drug-likeness (QED) is 0.633. The van der Waals surface area contributed by atoms with Crippen LogP contribution in [0.5, 0.6) is 0 Å². The van der Waals surface area contributed by atoms with Crippen LogP contribution < -0.4 is 5.73 Å². The van der Waals surface area contributed by atoms with E-state index < -0.39 is 29.0 Å². The van der Waals surface area contributed by atoms with Gasteiger partial charge < -0.3 is 15.9 Å². The van der Waals surface area contributed by atoms with E-state index in [0.717, 1.165) is 5.56 Å². The number of amides is 1. The molecule has 0 saturated heterocycles. The molecule has 0 radical (unpaired) electrons. The summed E-state index contributed by atoms with van der Waals surface area (Å²) in [5, 5.41) is 28.3. The molecule has 1 amide bonds. The number of hydrogen-bond acceptors (Lipinski definition) is 7. The minimum Gasteiger partial charge on any atom is -0.511 e. The number of primary amides is 1. The van der Waals surface area contributed by atoms with Gasteiger partial charge in [-0.15, -0.1) is 5.10 Å². The number of carbonyl (C=O) groups is 3. The minimum atomic E-state index is -1.04. The highest BCUT2D eigenvalue weighted by Gasteiger charge is 2.49. The standard InChI is InChI=1S/C17H15N3O5/c18-17(25)12-9(21)5-8-4-7-3-6-1-2-19-20-13(6)16(24)11(7)14(22)10(8)15(12)23/h1-2,7-8,10,21-22H,3-5H2,(H2,18,25)/t7-,8-,10?/m0/s1. The van der Waals surface area contributed by atoms with Gasteiger partial charge in [0.2, 0.25) is 5.78 Å². The normalized spacial score (nSPS) is 28.4. The molecule has 0 saturated carbocycles. The van der Waals surface area contributed by atoms with Gasteiger partial charge in [-0.25, -0.2) is 0 Å². The lowest BCUT2D eigenvalue weighted by molar-refractivity contribution is -0.126.